The molecule has 0 bridgehead atoms. The maximum atomic E-state index is 12.5. The van der Waals surface area contributed by atoms with Crippen molar-refractivity contribution < 1.29 is 13.2 Å². The molecule has 1 heterocycles. The third kappa shape index (κ3) is 4.32. The normalized spacial score (nSPS) is 19.1. The highest BCUT2D eigenvalue weighted by molar-refractivity contribution is 7.92. The van der Waals surface area contributed by atoms with E-state index >= 15 is 0 Å². The van der Waals surface area contributed by atoms with Crippen molar-refractivity contribution in [1.82, 2.24) is 10.2 Å². The number of nitrogens with one attached hydrogen (secondary N) is 1. The Morgan fingerprint density at radius 2 is 1.96 bits per heavy atom. The van der Waals surface area contributed by atoms with Crippen LogP contribution in [-0.2, 0) is 21.1 Å². The molecular weight excluding hydrogens is 312 g/mol. The van der Waals surface area contributed by atoms with Gasteiger partial charge in [0, 0.05) is 19.6 Å². The second-order valence-corrected chi connectivity index (χ2v) is 8.82. The zero-order chi connectivity index (χ0) is 17.0. The second-order valence-electron chi connectivity index (χ2n) is 6.26. The molecule has 1 aromatic carbocycles. The van der Waals surface area contributed by atoms with Gasteiger partial charge in [0.2, 0.25) is 5.91 Å². The molecule has 6 heteroatoms. The van der Waals surface area contributed by atoms with Crippen LogP contribution in [0.2, 0.25) is 0 Å². The van der Waals surface area contributed by atoms with E-state index in [0.29, 0.717) is 19.6 Å². The molecule has 1 amide bonds. The van der Waals surface area contributed by atoms with Crippen molar-refractivity contribution in [2.75, 3.05) is 25.4 Å². The number of hydrogen-bond acceptors (Lipinski definition) is 4. The third-order valence-electron chi connectivity index (χ3n) is 4.38. The predicted octanol–water partition coefficient (Wildman–Crippen LogP) is 1.55. The van der Waals surface area contributed by atoms with Crippen molar-refractivity contribution in [2.24, 2.45) is 0 Å². The first-order valence-electron chi connectivity index (χ1n) is 8.15. The third-order valence-corrected chi connectivity index (χ3v) is 6.47. The molecule has 1 N–H and O–H groups in total. The topological polar surface area (TPSA) is 66.5 Å². The molecule has 0 spiro atoms. The first kappa shape index (κ1) is 17.9. The Bertz CT molecular complexity index is 638. The lowest BCUT2D eigenvalue weighted by Gasteiger charge is -2.36. The van der Waals surface area contributed by atoms with Crippen LogP contribution in [0.4, 0.5) is 0 Å². The Morgan fingerprint density at radius 3 is 2.52 bits per heavy atom. The number of nitrogens with zero attached hydrogens (tertiary/aromatic N) is 1. The molecule has 0 aromatic heterocycles. The number of aryl methyl sites for hydroxylation is 1. The van der Waals surface area contributed by atoms with Crippen LogP contribution < -0.4 is 5.32 Å². The first-order chi connectivity index (χ1) is 10.8. The number of carbonyl (C=O) groups is 1. The number of amides is 1. The van der Waals surface area contributed by atoms with Crippen molar-refractivity contribution in [3.05, 3.63) is 35.4 Å². The summed E-state index contributed by atoms with van der Waals surface area (Å²) in [7, 11) is -3.37. The monoisotopic (exact) mass is 338 g/mol. The minimum atomic E-state index is -3.37. The first-order valence-corrected chi connectivity index (χ1v) is 9.87. The lowest BCUT2D eigenvalue weighted by Crippen LogP contribution is -2.50. The maximum absolute atomic E-state index is 12.5. The molecule has 0 radical (unpaired) electrons. The summed E-state index contributed by atoms with van der Waals surface area (Å²) >= 11 is 0. The SMILES string of the molecule is CCc1ccc(C2CNCCN2C(=O)CS(=O)(=O)C(C)C)cc1. The fourth-order valence-corrected chi connectivity index (χ4v) is 3.54. The number of rotatable bonds is 5. The Hall–Kier alpha value is -1.40. The van der Waals surface area contributed by atoms with E-state index < -0.39 is 20.8 Å². The highest BCUT2D eigenvalue weighted by Gasteiger charge is 2.31. The zero-order valence-corrected chi connectivity index (χ0v) is 14.9. The van der Waals surface area contributed by atoms with Crippen LogP contribution in [0, 0.1) is 0 Å². The summed E-state index contributed by atoms with van der Waals surface area (Å²) in [5.74, 6) is -0.710. The van der Waals surface area contributed by atoms with Gasteiger partial charge in [-0.3, -0.25) is 4.79 Å². The summed E-state index contributed by atoms with van der Waals surface area (Å²) in [5.41, 5.74) is 2.29. The Labute approximate surface area is 139 Å². The van der Waals surface area contributed by atoms with Gasteiger partial charge in [0.25, 0.3) is 0 Å². The molecule has 1 unspecified atom stereocenters. The van der Waals surface area contributed by atoms with Gasteiger partial charge in [-0.25, -0.2) is 8.42 Å². The fourth-order valence-electron chi connectivity index (χ4n) is 2.70. The van der Waals surface area contributed by atoms with Crippen LogP contribution in [0.3, 0.4) is 0 Å². The molecule has 1 aliphatic heterocycles. The van der Waals surface area contributed by atoms with Gasteiger partial charge in [-0.2, -0.15) is 0 Å². The molecule has 1 aromatic rings. The summed E-state index contributed by atoms with van der Waals surface area (Å²) in [6.07, 6.45) is 0.971. The van der Waals surface area contributed by atoms with Crippen molar-refractivity contribution >= 4 is 15.7 Å². The molecule has 128 valence electrons. The van der Waals surface area contributed by atoms with Gasteiger partial charge in [0.15, 0.2) is 9.84 Å². The van der Waals surface area contributed by atoms with E-state index in [1.807, 2.05) is 12.1 Å². The summed E-state index contributed by atoms with van der Waals surface area (Å²) in [4.78, 5) is 14.2. The van der Waals surface area contributed by atoms with E-state index in [1.54, 1.807) is 18.7 Å². The standard InChI is InChI=1S/C17H26N2O3S/c1-4-14-5-7-15(8-6-14)16-11-18-9-10-19(16)17(20)12-23(21,22)13(2)3/h5-8,13,16,18H,4,9-12H2,1-3H3. The Morgan fingerprint density at radius 1 is 1.30 bits per heavy atom. The highest BCUT2D eigenvalue weighted by atomic mass is 32.2. The van der Waals surface area contributed by atoms with Gasteiger partial charge < -0.3 is 10.2 Å². The van der Waals surface area contributed by atoms with Gasteiger partial charge >= 0.3 is 0 Å². The van der Waals surface area contributed by atoms with Crippen LogP contribution in [-0.4, -0.2) is 49.9 Å². The van der Waals surface area contributed by atoms with E-state index in [4.69, 9.17) is 0 Å². The number of piperazine rings is 1. The minimum Gasteiger partial charge on any atom is -0.332 e. The average molecular weight is 338 g/mol. The Kier molecular flexibility index (Phi) is 5.81. The summed E-state index contributed by atoms with van der Waals surface area (Å²) in [6, 6.07) is 8.10. The second kappa shape index (κ2) is 7.45. The Balaban J connectivity index is 2.19. The molecule has 0 aliphatic carbocycles. The molecule has 23 heavy (non-hydrogen) atoms. The molecule has 0 saturated carbocycles. The quantitative estimate of drug-likeness (QED) is 0.884. The van der Waals surface area contributed by atoms with Crippen LogP contribution in [0.1, 0.15) is 37.9 Å². The molecule has 1 atom stereocenters. The largest absolute Gasteiger partial charge is 0.332 e. The smallest absolute Gasteiger partial charge is 0.238 e. The highest BCUT2D eigenvalue weighted by Crippen LogP contribution is 2.23. The molecule has 1 fully saturated rings. The van der Waals surface area contributed by atoms with Gasteiger partial charge in [-0.1, -0.05) is 31.2 Å². The van der Waals surface area contributed by atoms with Crippen LogP contribution in [0.5, 0.6) is 0 Å². The molecular formula is C17H26N2O3S. The van der Waals surface area contributed by atoms with Crippen molar-refractivity contribution in [3.63, 3.8) is 0 Å². The van der Waals surface area contributed by atoms with Gasteiger partial charge in [0.05, 0.1) is 11.3 Å². The van der Waals surface area contributed by atoms with Crippen LogP contribution in [0.15, 0.2) is 24.3 Å². The summed E-state index contributed by atoms with van der Waals surface area (Å²) in [6.45, 7) is 7.20. The zero-order valence-electron chi connectivity index (χ0n) is 14.1. The molecule has 2 rings (SSSR count). The van der Waals surface area contributed by atoms with E-state index in [9.17, 15) is 13.2 Å². The van der Waals surface area contributed by atoms with Crippen LogP contribution >= 0.6 is 0 Å². The lowest BCUT2D eigenvalue weighted by molar-refractivity contribution is -0.131. The maximum Gasteiger partial charge on any atom is 0.238 e. The van der Waals surface area contributed by atoms with Crippen LogP contribution in [0.25, 0.3) is 0 Å². The summed E-state index contributed by atoms with van der Waals surface area (Å²) in [5, 5.41) is 2.76. The fraction of sp³-hybridized carbons (Fsp3) is 0.588. The van der Waals surface area contributed by atoms with E-state index in [0.717, 1.165) is 12.0 Å². The molecule has 1 aliphatic rings. The number of hydrogen-bond donors (Lipinski definition) is 1. The summed E-state index contributed by atoms with van der Waals surface area (Å²) < 4.78 is 24.1. The average Bonchev–Trinajstić information content (AvgIpc) is 2.54. The van der Waals surface area contributed by atoms with Crippen molar-refractivity contribution in [3.8, 4) is 0 Å². The van der Waals surface area contributed by atoms with E-state index in [2.05, 4.69) is 24.4 Å². The van der Waals surface area contributed by atoms with Crippen molar-refractivity contribution in [2.45, 2.75) is 38.5 Å². The minimum absolute atomic E-state index is 0.107. The van der Waals surface area contributed by atoms with Crippen molar-refractivity contribution in [1.29, 1.82) is 0 Å². The number of sulfone groups is 1. The van der Waals surface area contributed by atoms with E-state index in [-0.39, 0.29) is 11.9 Å². The number of carbonyl (C=O) groups excluding carboxylic acids is 1. The van der Waals surface area contributed by atoms with E-state index in [1.165, 1.54) is 5.56 Å². The molecule has 5 nitrogen and oxygen atoms in total. The van der Waals surface area contributed by atoms with Gasteiger partial charge in [-0.05, 0) is 31.4 Å². The lowest BCUT2D eigenvalue weighted by atomic mass is 10.0. The predicted molar refractivity (Wildman–Crippen MR) is 92.1 cm³/mol. The van der Waals surface area contributed by atoms with Gasteiger partial charge in [0.1, 0.15) is 5.75 Å². The van der Waals surface area contributed by atoms with Gasteiger partial charge in [-0.15, -0.1) is 0 Å². The molecule has 1 saturated heterocycles. The number of benzene rings is 1.